The quantitative estimate of drug-likeness (QED) is 0.797. The fraction of sp³-hybridized carbons (Fsp3) is 0.300. The minimum absolute atomic E-state index is 0.134. The normalized spacial score (nSPS) is 9.93. The summed E-state index contributed by atoms with van der Waals surface area (Å²) in [5.74, 6) is 0.879. The lowest BCUT2D eigenvalue weighted by atomic mass is 10.1. The van der Waals surface area contributed by atoms with Crippen molar-refractivity contribution in [3.05, 3.63) is 28.2 Å². The van der Waals surface area contributed by atoms with Gasteiger partial charge >= 0.3 is 0 Å². The largest absolute Gasteiger partial charge is 0.496 e. The fourth-order valence-corrected chi connectivity index (χ4v) is 1.83. The summed E-state index contributed by atoms with van der Waals surface area (Å²) in [7, 11) is 1.60. The zero-order valence-corrected chi connectivity index (χ0v) is 10.9. The van der Waals surface area contributed by atoms with Crippen LogP contribution in [0.2, 0.25) is 0 Å². The van der Waals surface area contributed by atoms with Crippen molar-refractivity contribution in [3.8, 4) is 5.75 Å². The van der Waals surface area contributed by atoms with E-state index in [9.17, 15) is 4.79 Å². The number of rotatable bonds is 4. The Bertz CT molecular complexity index is 337. The Kier molecular flexibility index (Phi) is 4.62. The van der Waals surface area contributed by atoms with Crippen LogP contribution in [-0.4, -0.2) is 18.2 Å². The third-order valence-corrected chi connectivity index (χ3v) is 3.19. The van der Waals surface area contributed by atoms with Gasteiger partial charge in [-0.2, -0.15) is 0 Å². The molecule has 0 aliphatic heterocycles. The van der Waals surface area contributed by atoms with Crippen LogP contribution in [0.1, 0.15) is 5.56 Å². The number of carbonyl (C=O) groups is 1. The Morgan fingerprint density at radius 1 is 1.50 bits per heavy atom. The van der Waals surface area contributed by atoms with Gasteiger partial charge in [0, 0.05) is 16.5 Å². The van der Waals surface area contributed by atoms with Crippen LogP contribution in [-0.2, 0) is 11.2 Å². The number of ether oxygens (including phenoxy) is 1. The van der Waals surface area contributed by atoms with Gasteiger partial charge in [-0.1, -0.05) is 37.9 Å². The highest BCUT2D eigenvalue weighted by Crippen LogP contribution is 2.27. The van der Waals surface area contributed by atoms with E-state index >= 15 is 0 Å². The van der Waals surface area contributed by atoms with Crippen LogP contribution >= 0.6 is 31.9 Å². The fourth-order valence-electron chi connectivity index (χ4n) is 1.15. The summed E-state index contributed by atoms with van der Waals surface area (Å²) < 4.78 is 6.08. The molecule has 0 radical (unpaired) electrons. The number of benzene rings is 1. The molecule has 0 aliphatic carbocycles. The second kappa shape index (κ2) is 5.51. The zero-order chi connectivity index (χ0) is 10.6. The molecule has 0 unspecified atom stereocenters. The lowest BCUT2D eigenvalue weighted by molar-refractivity contribution is -0.115. The second-order valence-electron chi connectivity index (χ2n) is 2.77. The summed E-state index contributed by atoms with van der Waals surface area (Å²) in [6.07, 6.45) is 0.385. The molecule has 0 N–H and O–H groups in total. The van der Waals surface area contributed by atoms with Gasteiger partial charge in [-0.3, -0.25) is 4.79 Å². The molecule has 0 atom stereocenters. The topological polar surface area (TPSA) is 26.3 Å². The Balaban J connectivity index is 2.98. The molecule has 0 aromatic heterocycles. The van der Waals surface area contributed by atoms with E-state index in [1.54, 1.807) is 7.11 Å². The van der Waals surface area contributed by atoms with E-state index in [1.165, 1.54) is 0 Å². The van der Waals surface area contributed by atoms with Crippen molar-refractivity contribution < 1.29 is 9.53 Å². The van der Waals surface area contributed by atoms with Crippen molar-refractivity contribution in [1.82, 2.24) is 0 Å². The molecule has 0 aliphatic rings. The van der Waals surface area contributed by atoms with Crippen LogP contribution in [0.5, 0.6) is 5.75 Å². The average molecular weight is 322 g/mol. The van der Waals surface area contributed by atoms with Gasteiger partial charge in [0.05, 0.1) is 12.4 Å². The van der Waals surface area contributed by atoms with Crippen LogP contribution in [0.25, 0.3) is 0 Å². The van der Waals surface area contributed by atoms with Crippen molar-refractivity contribution in [3.63, 3.8) is 0 Å². The number of alkyl halides is 1. The van der Waals surface area contributed by atoms with Gasteiger partial charge in [0.1, 0.15) is 11.5 Å². The van der Waals surface area contributed by atoms with Crippen molar-refractivity contribution in [2.24, 2.45) is 0 Å². The summed E-state index contributed by atoms with van der Waals surface area (Å²) in [6.45, 7) is 0. The first-order chi connectivity index (χ1) is 6.69. The van der Waals surface area contributed by atoms with Crippen molar-refractivity contribution in [1.29, 1.82) is 0 Å². The first-order valence-corrected chi connectivity index (χ1v) is 5.99. The number of carbonyl (C=O) groups excluding carboxylic acids is 1. The van der Waals surface area contributed by atoms with Gasteiger partial charge < -0.3 is 4.74 Å². The van der Waals surface area contributed by atoms with E-state index in [0.29, 0.717) is 11.8 Å². The molecule has 0 saturated heterocycles. The van der Waals surface area contributed by atoms with E-state index in [-0.39, 0.29) is 5.78 Å². The highest BCUT2D eigenvalue weighted by atomic mass is 79.9. The maximum atomic E-state index is 11.3. The third-order valence-electron chi connectivity index (χ3n) is 1.82. The Morgan fingerprint density at radius 3 is 2.79 bits per heavy atom. The molecule has 0 fully saturated rings. The number of ketones is 1. The molecule has 0 heterocycles. The first-order valence-electron chi connectivity index (χ1n) is 4.08. The van der Waals surface area contributed by atoms with Crippen LogP contribution < -0.4 is 4.74 Å². The summed E-state index contributed by atoms with van der Waals surface area (Å²) in [6, 6.07) is 5.63. The van der Waals surface area contributed by atoms with E-state index in [0.717, 1.165) is 15.8 Å². The lowest BCUT2D eigenvalue weighted by Gasteiger charge is -2.08. The van der Waals surface area contributed by atoms with Gasteiger partial charge in [-0.25, -0.2) is 0 Å². The van der Waals surface area contributed by atoms with Gasteiger partial charge in [-0.05, 0) is 12.1 Å². The zero-order valence-electron chi connectivity index (χ0n) is 7.72. The summed E-state index contributed by atoms with van der Waals surface area (Å²) in [4.78, 5) is 11.3. The molecule has 1 rings (SSSR count). The number of hydrogen-bond acceptors (Lipinski definition) is 2. The monoisotopic (exact) mass is 320 g/mol. The predicted octanol–water partition coefficient (Wildman–Crippen LogP) is 2.96. The van der Waals surface area contributed by atoms with Crippen LogP contribution in [0.4, 0.5) is 0 Å². The van der Waals surface area contributed by atoms with Gasteiger partial charge in [0.15, 0.2) is 0 Å². The lowest BCUT2D eigenvalue weighted by Crippen LogP contribution is -2.05. The number of Topliss-reactive ketones (excluding diaryl/α,β-unsaturated/α-hetero) is 1. The maximum Gasteiger partial charge on any atom is 0.147 e. The highest BCUT2D eigenvalue weighted by Gasteiger charge is 2.10. The molecule has 14 heavy (non-hydrogen) atoms. The molecule has 4 heteroatoms. The molecular weight excluding hydrogens is 312 g/mol. The minimum atomic E-state index is 0.134. The Hall–Kier alpha value is -0.350. The Morgan fingerprint density at radius 2 is 2.21 bits per heavy atom. The van der Waals surface area contributed by atoms with Gasteiger partial charge in [0.25, 0.3) is 0 Å². The standard InChI is InChI=1S/C10H10Br2O2/c1-14-10-4-2-3-9(12)8(10)5-7(13)6-11/h2-4H,5-6H2,1H3. The maximum absolute atomic E-state index is 11.3. The predicted molar refractivity (Wildman–Crippen MR) is 63.2 cm³/mol. The molecular formula is C10H10Br2O2. The Labute approximate surface area is 99.9 Å². The van der Waals surface area contributed by atoms with Gasteiger partial charge in [-0.15, -0.1) is 0 Å². The van der Waals surface area contributed by atoms with E-state index in [4.69, 9.17) is 4.74 Å². The second-order valence-corrected chi connectivity index (χ2v) is 4.18. The highest BCUT2D eigenvalue weighted by molar-refractivity contribution is 9.10. The number of methoxy groups -OCH3 is 1. The average Bonchev–Trinajstić information content (AvgIpc) is 2.20. The van der Waals surface area contributed by atoms with E-state index < -0.39 is 0 Å². The van der Waals surface area contributed by atoms with Crippen LogP contribution in [0, 0.1) is 0 Å². The smallest absolute Gasteiger partial charge is 0.147 e. The summed E-state index contributed by atoms with van der Waals surface area (Å²) in [5.41, 5.74) is 0.902. The van der Waals surface area contributed by atoms with E-state index in [1.807, 2.05) is 18.2 Å². The first kappa shape index (κ1) is 11.7. The number of halogens is 2. The molecule has 76 valence electrons. The van der Waals surface area contributed by atoms with Crippen LogP contribution in [0.15, 0.2) is 22.7 Å². The van der Waals surface area contributed by atoms with Gasteiger partial charge in [0.2, 0.25) is 0 Å². The van der Waals surface area contributed by atoms with E-state index in [2.05, 4.69) is 31.9 Å². The summed E-state index contributed by atoms with van der Waals surface area (Å²) in [5, 5.41) is 0.373. The molecule has 1 aromatic carbocycles. The molecule has 0 amide bonds. The molecule has 1 aromatic rings. The minimum Gasteiger partial charge on any atom is -0.496 e. The molecule has 0 spiro atoms. The molecule has 0 bridgehead atoms. The SMILES string of the molecule is COc1cccc(Br)c1CC(=O)CBr. The molecule has 0 saturated carbocycles. The van der Waals surface area contributed by atoms with Crippen molar-refractivity contribution in [2.75, 3.05) is 12.4 Å². The van der Waals surface area contributed by atoms with Crippen LogP contribution in [0.3, 0.4) is 0 Å². The van der Waals surface area contributed by atoms with Crippen molar-refractivity contribution >= 4 is 37.6 Å². The van der Waals surface area contributed by atoms with Crippen molar-refractivity contribution in [2.45, 2.75) is 6.42 Å². The molecule has 2 nitrogen and oxygen atoms in total. The summed E-state index contributed by atoms with van der Waals surface area (Å²) >= 11 is 6.54. The number of hydrogen-bond donors (Lipinski definition) is 0. The third kappa shape index (κ3) is 2.82.